The number of benzene rings is 2. The quantitative estimate of drug-likeness (QED) is 0.520. The normalized spacial score (nSPS) is 11.8. The summed E-state index contributed by atoms with van der Waals surface area (Å²) < 4.78 is 19.7. The molecule has 0 aliphatic heterocycles. The summed E-state index contributed by atoms with van der Waals surface area (Å²) in [5.41, 5.74) is 7.00. The summed E-state index contributed by atoms with van der Waals surface area (Å²) in [7, 11) is 1.35. The van der Waals surface area contributed by atoms with Gasteiger partial charge in [0.05, 0.1) is 0 Å². The monoisotopic (exact) mass is 393 g/mol. The van der Waals surface area contributed by atoms with Gasteiger partial charge in [0, 0.05) is 29.3 Å². The zero-order valence-electron chi connectivity index (χ0n) is 13.0. The maximum absolute atomic E-state index is 14.0. The molecule has 2 aromatic rings. The fraction of sp³-hybridized carbons (Fsp3) is 0.176. The van der Waals surface area contributed by atoms with Gasteiger partial charge in [0.1, 0.15) is 11.7 Å². The first kappa shape index (κ1) is 18.1. The van der Waals surface area contributed by atoms with Gasteiger partial charge in [-0.15, -0.1) is 0 Å². The molecule has 0 spiro atoms. The van der Waals surface area contributed by atoms with Gasteiger partial charge in [0.2, 0.25) is 0 Å². The molecule has 126 valence electrons. The van der Waals surface area contributed by atoms with E-state index >= 15 is 0 Å². The van der Waals surface area contributed by atoms with E-state index in [0.29, 0.717) is 10.0 Å². The highest BCUT2D eigenvalue weighted by Crippen LogP contribution is 2.23. The molecule has 0 saturated carbocycles. The van der Waals surface area contributed by atoms with Crippen molar-refractivity contribution in [2.45, 2.75) is 12.6 Å². The van der Waals surface area contributed by atoms with Crippen molar-refractivity contribution in [2.75, 3.05) is 7.11 Å². The Labute approximate surface area is 147 Å². The Kier molecular flexibility index (Phi) is 6.05. The number of ether oxygens (including phenoxy) is 1. The van der Waals surface area contributed by atoms with Crippen molar-refractivity contribution in [1.29, 1.82) is 5.41 Å². The summed E-state index contributed by atoms with van der Waals surface area (Å²) in [5.74, 6) is -0.970. The number of hydrogen-bond donors (Lipinski definition) is 3. The van der Waals surface area contributed by atoms with E-state index in [1.54, 1.807) is 30.3 Å². The van der Waals surface area contributed by atoms with Gasteiger partial charge in [0.25, 0.3) is 5.91 Å². The van der Waals surface area contributed by atoms with E-state index in [0.717, 1.165) is 5.56 Å². The van der Waals surface area contributed by atoms with E-state index in [2.05, 4.69) is 21.2 Å². The van der Waals surface area contributed by atoms with Crippen molar-refractivity contribution in [3.05, 3.63) is 69.4 Å². The van der Waals surface area contributed by atoms with E-state index in [-0.39, 0.29) is 17.9 Å². The number of carbonyl (C=O) groups excluding carboxylic acids is 1. The molecule has 0 unspecified atom stereocenters. The molecule has 0 aromatic heterocycles. The van der Waals surface area contributed by atoms with Crippen LogP contribution in [0.15, 0.2) is 46.9 Å². The summed E-state index contributed by atoms with van der Waals surface area (Å²) in [5, 5.41) is 10.1. The minimum atomic E-state index is -1.03. The summed E-state index contributed by atoms with van der Waals surface area (Å²) >= 11 is 3.18. The van der Waals surface area contributed by atoms with Crippen LogP contribution in [0.1, 0.15) is 22.8 Å². The molecule has 0 aliphatic carbocycles. The van der Waals surface area contributed by atoms with E-state index < -0.39 is 17.8 Å². The second-order valence-electron chi connectivity index (χ2n) is 5.11. The number of carbonyl (C=O) groups is 1. The Morgan fingerprint density at radius 1 is 1.33 bits per heavy atom. The van der Waals surface area contributed by atoms with Crippen molar-refractivity contribution >= 4 is 27.7 Å². The van der Waals surface area contributed by atoms with Crippen molar-refractivity contribution in [3.8, 4) is 0 Å². The highest BCUT2D eigenvalue weighted by atomic mass is 79.9. The molecule has 1 atom stereocenters. The van der Waals surface area contributed by atoms with Crippen molar-refractivity contribution < 1.29 is 13.9 Å². The molecular weight excluding hydrogens is 377 g/mol. The van der Waals surface area contributed by atoms with Gasteiger partial charge in [-0.1, -0.05) is 46.3 Å². The maximum Gasteiger partial charge on any atom is 0.254 e. The Bertz CT molecular complexity index is 750. The van der Waals surface area contributed by atoms with Crippen molar-refractivity contribution in [3.63, 3.8) is 0 Å². The smallest absolute Gasteiger partial charge is 0.254 e. The molecule has 0 saturated heterocycles. The molecule has 4 N–H and O–H groups in total. The number of nitrogens with one attached hydrogen (secondary N) is 2. The largest absolute Gasteiger partial charge is 0.384 e. The highest BCUT2D eigenvalue weighted by molar-refractivity contribution is 9.10. The first-order valence-electron chi connectivity index (χ1n) is 7.11. The lowest BCUT2D eigenvalue weighted by Crippen LogP contribution is -2.30. The van der Waals surface area contributed by atoms with Crippen LogP contribution in [0.4, 0.5) is 4.39 Å². The lowest BCUT2D eigenvalue weighted by atomic mass is 10.1. The van der Waals surface area contributed by atoms with Crippen LogP contribution in [-0.4, -0.2) is 18.9 Å². The van der Waals surface area contributed by atoms with Crippen molar-refractivity contribution in [2.24, 2.45) is 5.73 Å². The molecule has 0 heterocycles. The van der Waals surface area contributed by atoms with Crippen LogP contribution in [-0.2, 0) is 16.1 Å². The number of hydrogen-bond acceptors (Lipinski definition) is 3. The second-order valence-corrected chi connectivity index (χ2v) is 6.03. The number of nitrogens with two attached hydrogens (primary N) is 1. The molecule has 7 heteroatoms. The number of halogens is 2. The third-order valence-corrected chi connectivity index (χ3v) is 3.94. The van der Waals surface area contributed by atoms with Crippen LogP contribution in [0.2, 0.25) is 0 Å². The molecule has 2 aromatic carbocycles. The standard InChI is InChI=1S/C17H17BrFN3O2/c1-24-15(13-7-6-12(18)8-14(13)19)17(23)22-9-10-2-4-11(5-3-10)16(20)21/h2-8,15H,9H2,1H3,(H3,20,21)(H,22,23)/t15-/m0/s1. The zero-order valence-corrected chi connectivity index (χ0v) is 14.6. The van der Waals surface area contributed by atoms with Crippen LogP contribution in [0, 0.1) is 11.2 Å². The molecule has 5 nitrogen and oxygen atoms in total. The number of amides is 1. The number of methoxy groups -OCH3 is 1. The Morgan fingerprint density at radius 2 is 2.00 bits per heavy atom. The first-order chi connectivity index (χ1) is 11.4. The van der Waals surface area contributed by atoms with E-state index in [4.69, 9.17) is 15.9 Å². The Hall–Kier alpha value is -2.25. The predicted molar refractivity (Wildman–Crippen MR) is 93.2 cm³/mol. The van der Waals surface area contributed by atoms with Crippen LogP contribution < -0.4 is 11.1 Å². The third kappa shape index (κ3) is 4.39. The van der Waals surface area contributed by atoms with Gasteiger partial charge in [-0.2, -0.15) is 0 Å². The summed E-state index contributed by atoms with van der Waals surface area (Å²) in [6.45, 7) is 0.259. The van der Waals surface area contributed by atoms with Gasteiger partial charge >= 0.3 is 0 Å². The second kappa shape index (κ2) is 8.03. The molecule has 24 heavy (non-hydrogen) atoms. The molecule has 0 radical (unpaired) electrons. The van der Waals surface area contributed by atoms with Crippen molar-refractivity contribution in [1.82, 2.24) is 5.32 Å². The SMILES string of the molecule is CO[C@H](C(=O)NCc1ccc(C(=N)N)cc1)c1ccc(Br)cc1F. The average Bonchev–Trinajstić information content (AvgIpc) is 2.55. The molecule has 0 fully saturated rings. The van der Waals surface area contributed by atoms with E-state index in [9.17, 15) is 9.18 Å². The van der Waals surface area contributed by atoms with Crippen LogP contribution in [0.25, 0.3) is 0 Å². The van der Waals surface area contributed by atoms with E-state index in [1.165, 1.54) is 19.2 Å². The average molecular weight is 394 g/mol. The lowest BCUT2D eigenvalue weighted by Gasteiger charge is -2.16. The minimum absolute atomic E-state index is 0.0178. The molecule has 2 rings (SSSR count). The maximum atomic E-state index is 14.0. The van der Waals surface area contributed by atoms with Gasteiger partial charge in [-0.25, -0.2) is 4.39 Å². The van der Waals surface area contributed by atoms with Gasteiger partial charge in [-0.05, 0) is 17.7 Å². The molecule has 1 amide bonds. The summed E-state index contributed by atoms with van der Waals surface area (Å²) in [6, 6.07) is 11.4. The van der Waals surface area contributed by atoms with Gasteiger partial charge in [-0.3, -0.25) is 10.2 Å². The predicted octanol–water partition coefficient (Wildman–Crippen LogP) is 2.88. The fourth-order valence-electron chi connectivity index (χ4n) is 2.17. The summed E-state index contributed by atoms with van der Waals surface area (Å²) in [4.78, 5) is 12.3. The Morgan fingerprint density at radius 3 is 2.54 bits per heavy atom. The lowest BCUT2D eigenvalue weighted by molar-refractivity contribution is -0.131. The van der Waals surface area contributed by atoms with E-state index in [1.807, 2.05) is 0 Å². The van der Waals surface area contributed by atoms with Crippen LogP contribution in [0.3, 0.4) is 0 Å². The van der Waals surface area contributed by atoms with Crippen LogP contribution in [0.5, 0.6) is 0 Å². The summed E-state index contributed by atoms with van der Waals surface area (Å²) in [6.07, 6.45) is -1.03. The highest BCUT2D eigenvalue weighted by Gasteiger charge is 2.23. The third-order valence-electron chi connectivity index (χ3n) is 3.45. The van der Waals surface area contributed by atoms with Gasteiger partial charge < -0.3 is 15.8 Å². The zero-order chi connectivity index (χ0) is 17.7. The molecule has 0 bridgehead atoms. The number of amidine groups is 1. The molecular formula is C17H17BrFN3O2. The van der Waals surface area contributed by atoms with Gasteiger partial charge in [0.15, 0.2) is 6.10 Å². The topological polar surface area (TPSA) is 88.2 Å². The Balaban J connectivity index is 2.05. The number of rotatable bonds is 6. The molecule has 0 aliphatic rings. The minimum Gasteiger partial charge on any atom is -0.384 e. The van der Waals surface area contributed by atoms with Crippen LogP contribution >= 0.6 is 15.9 Å². The fourth-order valence-corrected chi connectivity index (χ4v) is 2.51. The first-order valence-corrected chi connectivity index (χ1v) is 7.90. The number of nitrogen functional groups attached to an aromatic ring is 1.